The molecule has 0 fully saturated rings. The number of alkyl halides is 3. The van der Waals surface area contributed by atoms with E-state index in [0.29, 0.717) is 16.9 Å². The molecule has 3 nitrogen and oxygen atoms in total. The Balaban J connectivity index is 1.88. The number of hydrogen-bond acceptors (Lipinski definition) is 3. The molecule has 28 heavy (non-hydrogen) atoms. The molecule has 2 aromatic rings. The Kier molecular flexibility index (Phi) is 5.76. The highest BCUT2D eigenvalue weighted by molar-refractivity contribution is 7.14. The molecule has 148 valence electrons. The summed E-state index contributed by atoms with van der Waals surface area (Å²) in [6.45, 7) is 1.71. The smallest absolute Gasteiger partial charge is 0.421 e. The van der Waals surface area contributed by atoms with Crippen LogP contribution in [-0.2, 0) is 4.74 Å². The second kappa shape index (κ2) is 7.93. The lowest BCUT2D eigenvalue weighted by atomic mass is 9.88. The number of hydrogen-bond donors (Lipinski definition) is 1. The molecule has 0 unspecified atom stereocenters. The molecule has 1 aromatic heterocycles. The predicted octanol–water partition coefficient (Wildman–Crippen LogP) is 6.26. The Morgan fingerprint density at radius 3 is 2.46 bits per heavy atom. The molecular weight excluding hydrogens is 389 g/mol. The van der Waals surface area contributed by atoms with Crippen LogP contribution in [0.25, 0.3) is 5.57 Å². The molecule has 1 N–H and O–H groups in total. The first-order valence-corrected chi connectivity index (χ1v) is 9.60. The van der Waals surface area contributed by atoms with Crippen molar-refractivity contribution in [1.29, 1.82) is 0 Å². The van der Waals surface area contributed by atoms with Crippen molar-refractivity contribution < 1.29 is 27.8 Å². The molecule has 1 aliphatic carbocycles. The fourth-order valence-corrected chi connectivity index (χ4v) is 4.03. The van der Waals surface area contributed by atoms with Crippen LogP contribution < -0.4 is 0 Å². The van der Waals surface area contributed by atoms with Crippen molar-refractivity contribution in [3.8, 4) is 0 Å². The van der Waals surface area contributed by atoms with Gasteiger partial charge in [-0.25, -0.2) is 4.79 Å². The van der Waals surface area contributed by atoms with Crippen molar-refractivity contribution in [3.05, 3.63) is 76.0 Å². The van der Waals surface area contributed by atoms with Crippen LogP contribution in [0.15, 0.2) is 60.7 Å². The molecule has 7 heteroatoms. The van der Waals surface area contributed by atoms with E-state index in [1.54, 1.807) is 6.92 Å². The minimum absolute atomic E-state index is 0.0727. The van der Waals surface area contributed by atoms with Gasteiger partial charge < -0.3 is 9.84 Å². The standard InChI is InChI=1S/C21H19F3O3S/c1-2-16(17-8-9-18(28-17)19(25)26)27-20(21(22,23)24)12-10-15(11-13-20)14-6-4-3-5-7-14/h3-12,16H,2,13H2,1H3,(H,25,26)/t16-,20-/m1/s1. The fraction of sp³-hybridized carbons (Fsp3) is 0.286. The minimum atomic E-state index is -4.61. The van der Waals surface area contributed by atoms with Crippen molar-refractivity contribution in [2.24, 2.45) is 0 Å². The Bertz CT molecular complexity index is 899. The van der Waals surface area contributed by atoms with Crippen molar-refractivity contribution in [1.82, 2.24) is 0 Å². The average molecular weight is 408 g/mol. The van der Waals surface area contributed by atoms with E-state index in [1.165, 1.54) is 24.3 Å². The maximum absolute atomic E-state index is 14.0. The summed E-state index contributed by atoms with van der Waals surface area (Å²) < 4.78 is 47.5. The Labute approximate surface area is 164 Å². The number of aromatic carboxylic acids is 1. The molecule has 0 aliphatic heterocycles. The summed E-state index contributed by atoms with van der Waals surface area (Å²) in [5.41, 5.74) is -0.897. The van der Waals surface area contributed by atoms with Gasteiger partial charge in [-0.1, -0.05) is 49.4 Å². The number of allylic oxidation sites excluding steroid dienone is 2. The van der Waals surface area contributed by atoms with Crippen LogP contribution in [0.4, 0.5) is 13.2 Å². The minimum Gasteiger partial charge on any atom is -0.477 e. The number of carboxylic acids is 1. The molecule has 2 atom stereocenters. The van der Waals surface area contributed by atoms with Gasteiger partial charge in [0.2, 0.25) is 0 Å². The normalized spacial score (nSPS) is 20.6. The molecule has 0 bridgehead atoms. The molecule has 0 saturated carbocycles. The monoisotopic (exact) mass is 408 g/mol. The van der Waals surface area contributed by atoms with Gasteiger partial charge in [0.05, 0.1) is 6.10 Å². The highest BCUT2D eigenvalue weighted by Gasteiger charge is 2.55. The highest BCUT2D eigenvalue weighted by atomic mass is 32.1. The van der Waals surface area contributed by atoms with E-state index >= 15 is 0 Å². The molecule has 1 aliphatic rings. The molecule has 3 rings (SSSR count). The van der Waals surface area contributed by atoms with Gasteiger partial charge in [0.15, 0.2) is 5.60 Å². The third kappa shape index (κ3) is 4.05. The Morgan fingerprint density at radius 2 is 1.96 bits per heavy atom. The van der Waals surface area contributed by atoms with Gasteiger partial charge in [0.25, 0.3) is 0 Å². The van der Waals surface area contributed by atoms with Gasteiger partial charge in [0.1, 0.15) is 4.88 Å². The van der Waals surface area contributed by atoms with E-state index in [0.717, 1.165) is 23.0 Å². The number of rotatable bonds is 6. The summed E-state index contributed by atoms with van der Waals surface area (Å²) in [6, 6.07) is 12.1. The van der Waals surface area contributed by atoms with Crippen LogP contribution in [0, 0.1) is 0 Å². The first-order chi connectivity index (χ1) is 13.3. The van der Waals surface area contributed by atoms with E-state index in [2.05, 4.69) is 0 Å². The first-order valence-electron chi connectivity index (χ1n) is 8.78. The Hall–Kier alpha value is -2.38. The van der Waals surface area contributed by atoms with Crippen LogP contribution in [-0.4, -0.2) is 22.9 Å². The lowest BCUT2D eigenvalue weighted by Crippen LogP contribution is -2.47. The number of carboxylic acid groups (broad SMARTS) is 1. The highest BCUT2D eigenvalue weighted by Crippen LogP contribution is 2.45. The second-order valence-electron chi connectivity index (χ2n) is 6.47. The average Bonchev–Trinajstić information content (AvgIpc) is 3.17. The second-order valence-corrected chi connectivity index (χ2v) is 7.59. The zero-order valence-corrected chi connectivity index (χ0v) is 15.9. The Morgan fingerprint density at radius 1 is 1.25 bits per heavy atom. The number of halogens is 3. The largest absolute Gasteiger partial charge is 0.477 e. The first kappa shape index (κ1) is 20.4. The molecular formula is C21H19F3O3S. The summed E-state index contributed by atoms with van der Waals surface area (Å²) >= 11 is 0.938. The number of carbonyl (C=O) groups is 1. The van der Waals surface area contributed by atoms with E-state index in [1.807, 2.05) is 30.3 Å². The maximum Gasteiger partial charge on any atom is 0.421 e. The number of benzene rings is 1. The third-order valence-electron chi connectivity index (χ3n) is 4.62. The number of thiophene rings is 1. The van der Waals surface area contributed by atoms with Crippen LogP contribution in [0.5, 0.6) is 0 Å². The van der Waals surface area contributed by atoms with Gasteiger partial charge in [-0.3, -0.25) is 0 Å². The summed E-state index contributed by atoms with van der Waals surface area (Å²) in [5, 5.41) is 9.06. The molecule has 1 heterocycles. The zero-order valence-electron chi connectivity index (χ0n) is 15.1. The maximum atomic E-state index is 14.0. The lowest BCUT2D eigenvalue weighted by molar-refractivity contribution is -0.271. The van der Waals surface area contributed by atoms with E-state index in [4.69, 9.17) is 9.84 Å². The van der Waals surface area contributed by atoms with Crippen LogP contribution in [0.3, 0.4) is 0 Å². The van der Waals surface area contributed by atoms with Gasteiger partial charge in [-0.15, -0.1) is 11.3 Å². The zero-order chi connectivity index (χ0) is 20.4. The summed E-state index contributed by atoms with van der Waals surface area (Å²) in [4.78, 5) is 11.6. The molecule has 0 radical (unpaired) electrons. The van der Waals surface area contributed by atoms with Crippen LogP contribution in [0.2, 0.25) is 0 Å². The summed E-state index contributed by atoms with van der Waals surface area (Å²) in [6.07, 6.45) is -1.46. The van der Waals surface area contributed by atoms with Gasteiger partial charge >= 0.3 is 12.1 Å². The lowest BCUT2D eigenvalue weighted by Gasteiger charge is -2.37. The van der Waals surface area contributed by atoms with Crippen molar-refractivity contribution in [2.75, 3.05) is 0 Å². The molecule has 1 aromatic carbocycles. The van der Waals surface area contributed by atoms with Crippen molar-refractivity contribution in [2.45, 2.75) is 37.6 Å². The summed E-state index contributed by atoms with van der Waals surface area (Å²) in [5.74, 6) is -1.11. The molecule has 0 spiro atoms. The molecule has 0 saturated heterocycles. The molecule has 0 amide bonds. The van der Waals surface area contributed by atoms with Crippen LogP contribution >= 0.6 is 11.3 Å². The quantitative estimate of drug-likeness (QED) is 0.614. The van der Waals surface area contributed by atoms with Crippen molar-refractivity contribution in [3.63, 3.8) is 0 Å². The van der Waals surface area contributed by atoms with Gasteiger partial charge in [0, 0.05) is 11.3 Å². The van der Waals surface area contributed by atoms with Gasteiger partial charge in [-0.05, 0) is 35.8 Å². The number of ether oxygens (including phenoxy) is 1. The fourth-order valence-electron chi connectivity index (χ4n) is 3.07. The third-order valence-corrected chi connectivity index (χ3v) is 5.79. The van der Waals surface area contributed by atoms with Crippen LogP contribution in [0.1, 0.15) is 46.0 Å². The topological polar surface area (TPSA) is 46.5 Å². The van der Waals surface area contributed by atoms with E-state index in [9.17, 15) is 18.0 Å². The van der Waals surface area contributed by atoms with E-state index < -0.39 is 23.9 Å². The predicted molar refractivity (Wildman–Crippen MR) is 102 cm³/mol. The van der Waals surface area contributed by atoms with Crippen molar-refractivity contribution >= 4 is 22.9 Å². The van der Waals surface area contributed by atoms with E-state index in [-0.39, 0.29) is 11.3 Å². The summed E-state index contributed by atoms with van der Waals surface area (Å²) in [7, 11) is 0. The SMILES string of the molecule is CC[C@@H](O[C@]1(C(F)(F)F)C=CC(c2ccccc2)=CC1)c1ccc(C(=O)O)s1. The van der Waals surface area contributed by atoms with Gasteiger partial charge in [-0.2, -0.15) is 13.2 Å².